The largest absolute Gasteiger partial charge is 0.481 e. The third kappa shape index (κ3) is 4.44. The van der Waals surface area contributed by atoms with Crippen LogP contribution in [0.3, 0.4) is 0 Å². The van der Waals surface area contributed by atoms with Gasteiger partial charge < -0.3 is 14.2 Å². The molecule has 1 aliphatic heterocycles. The summed E-state index contributed by atoms with van der Waals surface area (Å²) < 4.78 is 15.1. The van der Waals surface area contributed by atoms with Gasteiger partial charge in [0.2, 0.25) is 5.78 Å². The van der Waals surface area contributed by atoms with E-state index in [1.54, 1.807) is 20.8 Å². The van der Waals surface area contributed by atoms with Crippen molar-refractivity contribution in [3.63, 3.8) is 0 Å². The summed E-state index contributed by atoms with van der Waals surface area (Å²) in [5, 5.41) is 0. The molecule has 0 aliphatic carbocycles. The van der Waals surface area contributed by atoms with Crippen LogP contribution < -0.4 is 0 Å². The molecule has 6 nitrogen and oxygen atoms in total. The van der Waals surface area contributed by atoms with Crippen LogP contribution in [-0.4, -0.2) is 37.0 Å². The summed E-state index contributed by atoms with van der Waals surface area (Å²) in [6.45, 7) is 9.20. The average molecular weight is 296 g/mol. The van der Waals surface area contributed by atoms with Gasteiger partial charge in [0.15, 0.2) is 5.76 Å². The van der Waals surface area contributed by atoms with Crippen molar-refractivity contribution in [2.75, 3.05) is 13.2 Å². The van der Waals surface area contributed by atoms with E-state index in [0.717, 1.165) is 0 Å². The fraction of sp³-hybridized carbons (Fsp3) is 0.533. The standard InChI is InChI=1S/C15H20O6/c1-5-19-13(17)8-11(16)14-10(15(18)20-6-2)7-12(21-14)9(3)4/h12H,3,5-8H2,1-2,4H3. The number of carbonyl (C=O) groups is 3. The van der Waals surface area contributed by atoms with Gasteiger partial charge in [-0.15, -0.1) is 0 Å². The summed E-state index contributed by atoms with van der Waals surface area (Å²) in [4.78, 5) is 35.4. The smallest absolute Gasteiger partial charge is 0.338 e. The first-order valence-corrected chi connectivity index (χ1v) is 6.81. The molecule has 0 aromatic carbocycles. The van der Waals surface area contributed by atoms with Crippen molar-refractivity contribution >= 4 is 17.7 Å². The minimum atomic E-state index is -0.652. The lowest BCUT2D eigenvalue weighted by Crippen LogP contribution is -2.16. The first-order valence-electron chi connectivity index (χ1n) is 6.81. The van der Waals surface area contributed by atoms with E-state index in [1.165, 1.54) is 0 Å². The lowest BCUT2D eigenvalue weighted by molar-refractivity contribution is -0.146. The van der Waals surface area contributed by atoms with E-state index in [1.807, 2.05) is 0 Å². The highest BCUT2D eigenvalue weighted by Gasteiger charge is 2.35. The van der Waals surface area contributed by atoms with Crippen LogP contribution in [0.15, 0.2) is 23.5 Å². The molecule has 0 N–H and O–H groups in total. The van der Waals surface area contributed by atoms with E-state index in [-0.39, 0.29) is 31.0 Å². The van der Waals surface area contributed by atoms with Crippen LogP contribution in [0.4, 0.5) is 0 Å². The summed E-state index contributed by atoms with van der Waals surface area (Å²) in [5.41, 5.74) is 0.842. The molecule has 0 aromatic heterocycles. The molecule has 21 heavy (non-hydrogen) atoms. The van der Waals surface area contributed by atoms with Crippen molar-refractivity contribution in [2.24, 2.45) is 0 Å². The molecule has 0 fully saturated rings. The van der Waals surface area contributed by atoms with Crippen LogP contribution in [0.1, 0.15) is 33.6 Å². The zero-order valence-electron chi connectivity index (χ0n) is 12.6. The molecule has 0 saturated carbocycles. The van der Waals surface area contributed by atoms with Crippen LogP contribution in [0.25, 0.3) is 0 Å². The van der Waals surface area contributed by atoms with E-state index < -0.39 is 30.2 Å². The van der Waals surface area contributed by atoms with Crippen LogP contribution in [-0.2, 0) is 28.6 Å². The zero-order chi connectivity index (χ0) is 16.0. The fourth-order valence-corrected chi connectivity index (χ4v) is 1.86. The normalized spacial score (nSPS) is 17.2. The Morgan fingerprint density at radius 3 is 2.38 bits per heavy atom. The molecule has 1 atom stereocenters. The maximum Gasteiger partial charge on any atom is 0.338 e. The number of esters is 2. The molecular weight excluding hydrogens is 276 g/mol. The Morgan fingerprint density at radius 2 is 1.86 bits per heavy atom. The molecule has 1 heterocycles. The van der Waals surface area contributed by atoms with Gasteiger partial charge in [-0.3, -0.25) is 9.59 Å². The number of carbonyl (C=O) groups excluding carboxylic acids is 3. The number of ether oxygens (including phenoxy) is 3. The molecular formula is C15H20O6. The Kier molecular flexibility index (Phi) is 6.14. The third-order valence-electron chi connectivity index (χ3n) is 2.86. The predicted molar refractivity (Wildman–Crippen MR) is 74.2 cm³/mol. The molecule has 116 valence electrons. The number of rotatable bonds is 7. The van der Waals surface area contributed by atoms with E-state index in [4.69, 9.17) is 14.2 Å². The lowest BCUT2D eigenvalue weighted by atomic mass is 10.0. The summed E-state index contributed by atoms with van der Waals surface area (Å²) in [7, 11) is 0. The molecule has 1 rings (SSSR count). The van der Waals surface area contributed by atoms with Crippen LogP contribution in [0, 0.1) is 0 Å². The maximum absolute atomic E-state index is 12.1. The van der Waals surface area contributed by atoms with Crippen molar-refractivity contribution in [2.45, 2.75) is 39.7 Å². The second-order valence-corrected chi connectivity index (χ2v) is 4.59. The zero-order valence-corrected chi connectivity index (χ0v) is 12.6. The third-order valence-corrected chi connectivity index (χ3v) is 2.86. The Hall–Kier alpha value is -2.11. The van der Waals surface area contributed by atoms with E-state index >= 15 is 0 Å². The molecule has 0 bridgehead atoms. The van der Waals surface area contributed by atoms with Gasteiger partial charge in [0.25, 0.3) is 0 Å². The van der Waals surface area contributed by atoms with E-state index in [9.17, 15) is 14.4 Å². The number of hydrogen-bond acceptors (Lipinski definition) is 6. The minimum Gasteiger partial charge on any atom is -0.481 e. The highest BCUT2D eigenvalue weighted by molar-refractivity contribution is 6.09. The van der Waals surface area contributed by atoms with Gasteiger partial charge in [0.1, 0.15) is 12.5 Å². The molecule has 1 unspecified atom stereocenters. The van der Waals surface area contributed by atoms with Gasteiger partial charge in [0.05, 0.1) is 18.8 Å². The van der Waals surface area contributed by atoms with Gasteiger partial charge in [-0.2, -0.15) is 0 Å². The highest BCUT2D eigenvalue weighted by atomic mass is 16.5. The quantitative estimate of drug-likeness (QED) is 0.404. The van der Waals surface area contributed by atoms with Crippen molar-refractivity contribution in [1.82, 2.24) is 0 Å². The van der Waals surface area contributed by atoms with Crippen LogP contribution in [0.5, 0.6) is 0 Å². The monoisotopic (exact) mass is 296 g/mol. The van der Waals surface area contributed by atoms with E-state index in [0.29, 0.717) is 5.57 Å². The predicted octanol–water partition coefficient (Wildman–Crippen LogP) is 1.69. The summed E-state index contributed by atoms with van der Waals surface area (Å²) >= 11 is 0. The van der Waals surface area contributed by atoms with Crippen LogP contribution >= 0.6 is 0 Å². The Morgan fingerprint density at radius 1 is 1.24 bits per heavy atom. The Bertz CT molecular complexity index is 488. The number of Topliss-reactive ketones (excluding diaryl/α,β-unsaturated/α-hetero) is 1. The molecule has 0 amide bonds. The van der Waals surface area contributed by atoms with Gasteiger partial charge >= 0.3 is 11.9 Å². The molecule has 0 spiro atoms. The molecule has 0 saturated heterocycles. The van der Waals surface area contributed by atoms with Crippen molar-refractivity contribution in [1.29, 1.82) is 0 Å². The summed E-state index contributed by atoms with van der Waals surface area (Å²) in [5.74, 6) is -1.95. The average Bonchev–Trinajstić information content (AvgIpc) is 2.84. The van der Waals surface area contributed by atoms with Crippen LogP contribution in [0.2, 0.25) is 0 Å². The number of ketones is 1. The topological polar surface area (TPSA) is 78.9 Å². The van der Waals surface area contributed by atoms with Crippen molar-refractivity contribution in [3.05, 3.63) is 23.5 Å². The fourth-order valence-electron chi connectivity index (χ4n) is 1.86. The Balaban J connectivity index is 2.92. The second-order valence-electron chi connectivity index (χ2n) is 4.59. The lowest BCUT2D eigenvalue weighted by Gasteiger charge is -2.11. The first-order chi connectivity index (χ1) is 9.90. The van der Waals surface area contributed by atoms with Gasteiger partial charge in [0, 0.05) is 6.42 Å². The van der Waals surface area contributed by atoms with E-state index in [2.05, 4.69) is 6.58 Å². The van der Waals surface area contributed by atoms with Gasteiger partial charge in [-0.25, -0.2) is 4.79 Å². The Labute approximate surface area is 123 Å². The summed E-state index contributed by atoms with van der Waals surface area (Å²) in [6.07, 6.45) is -0.696. The SMILES string of the molecule is C=C(C)C1CC(C(=O)OCC)=C(C(=O)CC(=O)OCC)O1. The number of allylic oxidation sites excluding steroid dienone is 1. The highest BCUT2D eigenvalue weighted by Crippen LogP contribution is 2.30. The van der Waals surface area contributed by atoms with Gasteiger partial charge in [-0.1, -0.05) is 6.58 Å². The minimum absolute atomic E-state index is 0.116. The summed E-state index contributed by atoms with van der Waals surface area (Å²) in [6, 6.07) is 0. The maximum atomic E-state index is 12.1. The van der Waals surface area contributed by atoms with Crippen molar-refractivity contribution < 1.29 is 28.6 Å². The molecule has 0 radical (unpaired) electrons. The molecule has 1 aliphatic rings. The molecule has 6 heteroatoms. The molecule has 0 aromatic rings. The van der Waals surface area contributed by atoms with Gasteiger partial charge in [-0.05, 0) is 26.3 Å². The van der Waals surface area contributed by atoms with Crippen molar-refractivity contribution in [3.8, 4) is 0 Å². The second kappa shape index (κ2) is 7.61. The number of hydrogen-bond donors (Lipinski definition) is 0. The first kappa shape index (κ1) is 16.9.